The van der Waals surface area contributed by atoms with Crippen molar-refractivity contribution in [1.29, 1.82) is 0 Å². The van der Waals surface area contributed by atoms with Crippen molar-refractivity contribution in [3.05, 3.63) is 65.8 Å². The minimum absolute atomic E-state index is 0.560. The first-order valence-electron chi connectivity index (χ1n) is 8.47. The van der Waals surface area contributed by atoms with Crippen molar-refractivity contribution < 1.29 is 4.42 Å². The quantitative estimate of drug-likeness (QED) is 0.481. The van der Waals surface area contributed by atoms with Crippen LogP contribution in [-0.2, 0) is 0 Å². The summed E-state index contributed by atoms with van der Waals surface area (Å²) in [6.45, 7) is 6.30. The Morgan fingerprint density at radius 2 is 1.77 bits per heavy atom. The number of furan rings is 1. The van der Waals surface area contributed by atoms with Gasteiger partial charge >= 0.3 is 0 Å². The number of rotatable bonds is 2. The van der Waals surface area contributed by atoms with E-state index < -0.39 is 0 Å². The summed E-state index contributed by atoms with van der Waals surface area (Å²) in [6.07, 6.45) is 3.33. The third kappa shape index (κ3) is 2.02. The van der Waals surface area contributed by atoms with E-state index in [1.165, 1.54) is 5.56 Å². The summed E-state index contributed by atoms with van der Waals surface area (Å²) in [7, 11) is 0. The van der Waals surface area contributed by atoms with Gasteiger partial charge in [0.15, 0.2) is 17.1 Å². The van der Waals surface area contributed by atoms with E-state index in [4.69, 9.17) is 9.40 Å². The molecule has 4 heterocycles. The summed E-state index contributed by atoms with van der Waals surface area (Å²) in [4.78, 5) is 9.39. The SMILES string of the molecule is Cc1ccc(-n2c(C)c(C)c3c2ncn2nc(-c4ccco4)nc32)cc1. The molecular formula is C20H17N5O. The second-order valence-electron chi connectivity index (χ2n) is 6.51. The molecule has 26 heavy (non-hydrogen) atoms. The molecule has 4 aromatic heterocycles. The highest BCUT2D eigenvalue weighted by molar-refractivity contribution is 5.95. The van der Waals surface area contributed by atoms with Crippen molar-refractivity contribution in [3.8, 4) is 17.3 Å². The number of hydrogen-bond donors (Lipinski definition) is 0. The molecule has 6 nitrogen and oxygen atoms in total. The van der Waals surface area contributed by atoms with Gasteiger partial charge in [0.1, 0.15) is 6.33 Å². The van der Waals surface area contributed by atoms with E-state index in [2.05, 4.69) is 59.7 Å². The molecule has 5 rings (SSSR count). The zero-order valence-electron chi connectivity index (χ0n) is 14.8. The summed E-state index contributed by atoms with van der Waals surface area (Å²) in [6, 6.07) is 12.1. The Labute approximate surface area is 149 Å². The van der Waals surface area contributed by atoms with E-state index in [0.29, 0.717) is 11.6 Å². The van der Waals surface area contributed by atoms with Crippen LogP contribution in [0.3, 0.4) is 0 Å². The summed E-state index contributed by atoms with van der Waals surface area (Å²) >= 11 is 0. The van der Waals surface area contributed by atoms with Crippen LogP contribution in [0.1, 0.15) is 16.8 Å². The molecule has 6 heteroatoms. The Kier molecular flexibility index (Phi) is 3.03. The lowest BCUT2D eigenvalue weighted by atomic mass is 10.2. The number of nitrogens with zero attached hydrogens (tertiary/aromatic N) is 5. The summed E-state index contributed by atoms with van der Waals surface area (Å²) in [5.41, 5.74) is 6.29. The fourth-order valence-corrected chi connectivity index (χ4v) is 3.38. The highest BCUT2D eigenvalue weighted by atomic mass is 16.3. The van der Waals surface area contributed by atoms with Crippen LogP contribution in [0.25, 0.3) is 34.0 Å². The first kappa shape index (κ1) is 14.9. The van der Waals surface area contributed by atoms with Gasteiger partial charge in [0.25, 0.3) is 0 Å². The summed E-state index contributed by atoms with van der Waals surface area (Å²) in [5.74, 6) is 1.21. The van der Waals surface area contributed by atoms with Crippen LogP contribution in [0, 0.1) is 20.8 Å². The Hall–Kier alpha value is -3.41. The maximum atomic E-state index is 5.44. The molecule has 0 saturated heterocycles. The van der Waals surface area contributed by atoms with E-state index in [-0.39, 0.29) is 0 Å². The van der Waals surface area contributed by atoms with E-state index in [1.54, 1.807) is 17.1 Å². The van der Waals surface area contributed by atoms with Crippen molar-refractivity contribution in [2.24, 2.45) is 0 Å². The molecule has 0 N–H and O–H groups in total. The molecule has 0 radical (unpaired) electrons. The molecule has 128 valence electrons. The van der Waals surface area contributed by atoms with Gasteiger partial charge in [0, 0.05) is 11.4 Å². The highest BCUT2D eigenvalue weighted by Gasteiger charge is 2.19. The van der Waals surface area contributed by atoms with Gasteiger partial charge < -0.3 is 4.42 Å². The standard InChI is InChI=1S/C20H17N5O/c1-12-6-8-15(9-7-12)25-14(3)13(2)17-19(25)21-11-24-20(17)22-18(23-24)16-5-4-10-26-16/h4-11H,1-3H3. The molecule has 0 aliphatic rings. The van der Waals surface area contributed by atoms with E-state index in [1.807, 2.05) is 12.1 Å². The molecule has 5 aromatic rings. The molecule has 0 saturated carbocycles. The second-order valence-corrected chi connectivity index (χ2v) is 6.51. The van der Waals surface area contributed by atoms with Crippen molar-refractivity contribution in [3.63, 3.8) is 0 Å². The van der Waals surface area contributed by atoms with Gasteiger partial charge in [-0.1, -0.05) is 17.7 Å². The van der Waals surface area contributed by atoms with Gasteiger partial charge in [0.05, 0.1) is 11.6 Å². The monoisotopic (exact) mass is 343 g/mol. The van der Waals surface area contributed by atoms with E-state index in [0.717, 1.165) is 33.6 Å². The Bertz CT molecular complexity index is 1240. The minimum atomic E-state index is 0.560. The predicted molar refractivity (Wildman–Crippen MR) is 99.5 cm³/mol. The van der Waals surface area contributed by atoms with Gasteiger partial charge in [0.2, 0.25) is 5.82 Å². The smallest absolute Gasteiger partial charge is 0.217 e. The van der Waals surface area contributed by atoms with Crippen LogP contribution in [0.4, 0.5) is 0 Å². The molecule has 0 aliphatic heterocycles. The van der Waals surface area contributed by atoms with Gasteiger partial charge in [-0.25, -0.2) is 14.5 Å². The maximum Gasteiger partial charge on any atom is 0.217 e. The zero-order chi connectivity index (χ0) is 17.8. The Morgan fingerprint density at radius 1 is 0.962 bits per heavy atom. The van der Waals surface area contributed by atoms with Gasteiger partial charge in [-0.2, -0.15) is 0 Å². The average molecular weight is 343 g/mol. The normalized spacial score (nSPS) is 11.7. The van der Waals surface area contributed by atoms with Gasteiger partial charge in [-0.05, 0) is 50.6 Å². The van der Waals surface area contributed by atoms with Gasteiger partial charge in [-0.15, -0.1) is 5.10 Å². The fourth-order valence-electron chi connectivity index (χ4n) is 3.38. The van der Waals surface area contributed by atoms with Crippen LogP contribution < -0.4 is 0 Å². The summed E-state index contributed by atoms with van der Waals surface area (Å²) < 4.78 is 9.32. The molecule has 0 spiro atoms. The second kappa shape index (κ2) is 5.29. The molecule has 0 fully saturated rings. The Balaban J connectivity index is 1.82. The lowest BCUT2D eigenvalue weighted by Crippen LogP contribution is -1.99. The lowest BCUT2D eigenvalue weighted by molar-refractivity contribution is 0.577. The number of fused-ring (bicyclic) bond motifs is 3. The van der Waals surface area contributed by atoms with Crippen molar-refractivity contribution in [1.82, 2.24) is 24.1 Å². The van der Waals surface area contributed by atoms with E-state index >= 15 is 0 Å². The van der Waals surface area contributed by atoms with Crippen molar-refractivity contribution in [2.75, 3.05) is 0 Å². The van der Waals surface area contributed by atoms with Crippen LogP contribution in [0.2, 0.25) is 0 Å². The zero-order valence-corrected chi connectivity index (χ0v) is 14.8. The summed E-state index contributed by atoms with van der Waals surface area (Å²) in [5, 5.41) is 5.52. The molecular weight excluding hydrogens is 326 g/mol. The molecule has 0 atom stereocenters. The third-order valence-electron chi connectivity index (χ3n) is 4.87. The largest absolute Gasteiger partial charge is 0.461 e. The predicted octanol–water partition coefficient (Wildman–Crippen LogP) is 4.25. The number of benzene rings is 1. The van der Waals surface area contributed by atoms with Gasteiger partial charge in [-0.3, -0.25) is 4.57 Å². The van der Waals surface area contributed by atoms with Crippen LogP contribution in [0.5, 0.6) is 0 Å². The fraction of sp³-hybridized carbons (Fsp3) is 0.150. The van der Waals surface area contributed by atoms with Crippen molar-refractivity contribution >= 4 is 16.7 Å². The number of aromatic nitrogens is 5. The van der Waals surface area contributed by atoms with Crippen LogP contribution in [0.15, 0.2) is 53.4 Å². The highest BCUT2D eigenvalue weighted by Crippen LogP contribution is 2.30. The topological polar surface area (TPSA) is 61.2 Å². The lowest BCUT2D eigenvalue weighted by Gasteiger charge is -2.08. The van der Waals surface area contributed by atoms with Crippen molar-refractivity contribution in [2.45, 2.75) is 20.8 Å². The maximum absolute atomic E-state index is 5.44. The first-order chi connectivity index (χ1) is 12.6. The number of hydrogen-bond acceptors (Lipinski definition) is 4. The molecule has 1 aromatic carbocycles. The molecule has 0 amide bonds. The third-order valence-corrected chi connectivity index (χ3v) is 4.87. The Morgan fingerprint density at radius 3 is 2.50 bits per heavy atom. The molecule has 0 aliphatic carbocycles. The molecule has 0 unspecified atom stereocenters. The molecule has 0 bridgehead atoms. The van der Waals surface area contributed by atoms with Crippen LogP contribution in [-0.4, -0.2) is 24.1 Å². The first-order valence-corrected chi connectivity index (χ1v) is 8.47. The number of aryl methyl sites for hydroxylation is 2. The minimum Gasteiger partial charge on any atom is -0.461 e. The van der Waals surface area contributed by atoms with Crippen LogP contribution >= 0.6 is 0 Å². The van der Waals surface area contributed by atoms with E-state index in [9.17, 15) is 0 Å². The average Bonchev–Trinajstić information content (AvgIpc) is 3.35.